The summed E-state index contributed by atoms with van der Waals surface area (Å²) in [7, 11) is -3.83. The normalized spacial score (nSPS) is 21.2. The molecule has 0 radical (unpaired) electrons. The molecule has 1 N–H and O–H groups in total. The van der Waals surface area contributed by atoms with Crippen molar-refractivity contribution in [2.45, 2.75) is 77.0 Å². The maximum atomic E-state index is 12.7. The first-order chi connectivity index (χ1) is 13.0. The van der Waals surface area contributed by atoms with Crippen LogP contribution in [0.3, 0.4) is 0 Å². The van der Waals surface area contributed by atoms with Gasteiger partial charge in [-0.15, -0.1) is 0 Å². The molecular formula is C20H30N2O5S. The van der Waals surface area contributed by atoms with Gasteiger partial charge in [-0.3, -0.25) is 9.59 Å². The molecule has 156 valence electrons. The van der Waals surface area contributed by atoms with Crippen molar-refractivity contribution < 1.29 is 22.7 Å². The highest BCUT2D eigenvalue weighted by Gasteiger charge is 2.33. The van der Waals surface area contributed by atoms with Crippen LogP contribution in [0.2, 0.25) is 0 Å². The van der Waals surface area contributed by atoms with E-state index in [2.05, 4.69) is 4.72 Å². The van der Waals surface area contributed by atoms with E-state index in [9.17, 15) is 18.0 Å². The van der Waals surface area contributed by atoms with Crippen LogP contribution in [-0.4, -0.2) is 49.9 Å². The van der Waals surface area contributed by atoms with Gasteiger partial charge in [0.2, 0.25) is 10.0 Å². The lowest BCUT2D eigenvalue weighted by atomic mass is 9.97. The second kappa shape index (κ2) is 9.05. The molecule has 1 heterocycles. The second-order valence-electron chi connectivity index (χ2n) is 7.58. The number of rotatable bonds is 6. The van der Waals surface area contributed by atoms with Crippen LogP contribution < -0.4 is 4.72 Å². The van der Waals surface area contributed by atoms with Gasteiger partial charge >= 0.3 is 5.97 Å². The van der Waals surface area contributed by atoms with Crippen LogP contribution in [0, 0.1) is 13.8 Å². The zero-order valence-corrected chi connectivity index (χ0v) is 18.0. The molecule has 8 heteroatoms. The van der Waals surface area contributed by atoms with Gasteiger partial charge in [-0.25, -0.2) is 8.42 Å². The lowest BCUT2D eigenvalue weighted by Crippen LogP contribution is -2.51. The largest absolute Gasteiger partial charge is 0.452 e. The van der Waals surface area contributed by atoms with Crippen LogP contribution in [0.15, 0.2) is 23.1 Å². The quantitative estimate of drug-likeness (QED) is 0.727. The molecule has 0 saturated carbocycles. The highest BCUT2D eigenvalue weighted by molar-refractivity contribution is 7.89. The molecule has 1 fully saturated rings. The highest BCUT2D eigenvalue weighted by atomic mass is 32.2. The molecule has 1 aromatic rings. The van der Waals surface area contributed by atoms with E-state index in [-0.39, 0.29) is 22.9 Å². The van der Waals surface area contributed by atoms with E-state index in [1.165, 1.54) is 13.0 Å². The van der Waals surface area contributed by atoms with Gasteiger partial charge in [0.05, 0.1) is 4.90 Å². The summed E-state index contributed by atoms with van der Waals surface area (Å²) in [6.07, 6.45) is 1.96. The molecule has 28 heavy (non-hydrogen) atoms. The summed E-state index contributed by atoms with van der Waals surface area (Å²) in [4.78, 5) is 26.6. The standard InChI is InChI=1S/C20H30N2O5S/c1-13-9-10-18(11-14(13)2)28(25,26)21-12-19(23)27-17(5)20(24)22-15(3)7-6-8-16(22)4/h9-11,15-17,21H,6-8,12H2,1-5H3/t15-,16+,17-/m0/s1. The van der Waals surface area contributed by atoms with Gasteiger partial charge < -0.3 is 9.64 Å². The Bertz CT molecular complexity index is 827. The molecule has 1 saturated heterocycles. The molecule has 0 spiro atoms. The average molecular weight is 411 g/mol. The lowest BCUT2D eigenvalue weighted by molar-refractivity contribution is -0.161. The lowest BCUT2D eigenvalue weighted by Gasteiger charge is -2.40. The van der Waals surface area contributed by atoms with E-state index in [1.807, 2.05) is 27.7 Å². The number of aryl methyl sites for hydroxylation is 2. The smallest absolute Gasteiger partial charge is 0.321 e. The number of likely N-dealkylation sites (tertiary alicyclic amines) is 1. The molecular weight excluding hydrogens is 380 g/mol. The van der Waals surface area contributed by atoms with Crippen molar-refractivity contribution in [1.82, 2.24) is 9.62 Å². The van der Waals surface area contributed by atoms with Gasteiger partial charge in [0.25, 0.3) is 5.91 Å². The topological polar surface area (TPSA) is 92.8 Å². The minimum absolute atomic E-state index is 0.0866. The van der Waals surface area contributed by atoms with Crippen molar-refractivity contribution in [3.8, 4) is 0 Å². The van der Waals surface area contributed by atoms with Gasteiger partial charge in [0, 0.05) is 12.1 Å². The first kappa shape index (κ1) is 22.4. The average Bonchev–Trinajstić information content (AvgIpc) is 2.62. The number of piperidine rings is 1. The Kier molecular flexibility index (Phi) is 7.22. The molecule has 0 bridgehead atoms. The predicted molar refractivity (Wildman–Crippen MR) is 106 cm³/mol. The monoisotopic (exact) mass is 410 g/mol. The molecule has 0 unspecified atom stereocenters. The molecule has 1 amide bonds. The number of amides is 1. The van der Waals surface area contributed by atoms with E-state index in [1.54, 1.807) is 17.0 Å². The third-order valence-electron chi connectivity index (χ3n) is 5.30. The van der Waals surface area contributed by atoms with Crippen LogP contribution in [0.5, 0.6) is 0 Å². The van der Waals surface area contributed by atoms with E-state index >= 15 is 0 Å². The van der Waals surface area contributed by atoms with Gasteiger partial charge in [0.1, 0.15) is 6.54 Å². The Hall–Kier alpha value is -1.93. The number of esters is 1. The van der Waals surface area contributed by atoms with Crippen molar-refractivity contribution in [3.63, 3.8) is 0 Å². The summed E-state index contributed by atoms with van der Waals surface area (Å²) >= 11 is 0. The van der Waals surface area contributed by atoms with E-state index in [0.717, 1.165) is 30.4 Å². The van der Waals surface area contributed by atoms with Crippen molar-refractivity contribution >= 4 is 21.9 Å². The summed E-state index contributed by atoms with van der Waals surface area (Å²) in [6.45, 7) is 8.67. The van der Waals surface area contributed by atoms with Crippen molar-refractivity contribution in [2.24, 2.45) is 0 Å². The molecule has 0 aliphatic carbocycles. The predicted octanol–water partition coefficient (Wildman–Crippen LogP) is 2.30. The van der Waals surface area contributed by atoms with Crippen LogP contribution >= 0.6 is 0 Å². The van der Waals surface area contributed by atoms with Crippen molar-refractivity contribution in [3.05, 3.63) is 29.3 Å². The van der Waals surface area contributed by atoms with Crippen molar-refractivity contribution in [1.29, 1.82) is 0 Å². The fraction of sp³-hybridized carbons (Fsp3) is 0.600. The zero-order chi connectivity index (χ0) is 21.1. The van der Waals surface area contributed by atoms with Crippen LogP contribution in [0.4, 0.5) is 0 Å². The van der Waals surface area contributed by atoms with Crippen LogP contribution in [-0.2, 0) is 24.3 Å². The minimum atomic E-state index is -3.83. The zero-order valence-electron chi connectivity index (χ0n) is 17.2. The number of carbonyl (C=O) groups is 2. The third kappa shape index (κ3) is 5.32. The summed E-state index contributed by atoms with van der Waals surface area (Å²) in [6, 6.07) is 4.95. The summed E-state index contributed by atoms with van der Waals surface area (Å²) in [5.74, 6) is -1.03. The van der Waals surface area contributed by atoms with E-state index < -0.39 is 28.6 Å². The summed E-state index contributed by atoms with van der Waals surface area (Å²) in [5, 5.41) is 0. The molecule has 1 aromatic carbocycles. The van der Waals surface area contributed by atoms with E-state index in [4.69, 9.17) is 4.74 Å². The number of nitrogens with zero attached hydrogens (tertiary/aromatic N) is 1. The fourth-order valence-corrected chi connectivity index (χ4v) is 4.53. The van der Waals surface area contributed by atoms with Gasteiger partial charge in [0.15, 0.2) is 6.10 Å². The first-order valence-corrected chi connectivity index (χ1v) is 11.1. The van der Waals surface area contributed by atoms with Crippen LogP contribution in [0.1, 0.15) is 51.2 Å². The number of ether oxygens (including phenoxy) is 1. The van der Waals surface area contributed by atoms with Gasteiger partial charge in [-0.05, 0) is 77.1 Å². The third-order valence-corrected chi connectivity index (χ3v) is 6.70. The van der Waals surface area contributed by atoms with Gasteiger partial charge in [-0.2, -0.15) is 4.72 Å². The minimum Gasteiger partial charge on any atom is -0.452 e. The second-order valence-corrected chi connectivity index (χ2v) is 9.34. The molecule has 0 aromatic heterocycles. The Morgan fingerprint density at radius 1 is 1.18 bits per heavy atom. The molecule has 1 aliphatic heterocycles. The van der Waals surface area contributed by atoms with E-state index in [0.29, 0.717) is 0 Å². The van der Waals surface area contributed by atoms with Gasteiger partial charge in [-0.1, -0.05) is 6.07 Å². The maximum absolute atomic E-state index is 12.7. The Labute approximate surface area is 167 Å². The number of hydrogen-bond acceptors (Lipinski definition) is 5. The summed E-state index contributed by atoms with van der Waals surface area (Å²) in [5.41, 5.74) is 1.82. The Morgan fingerprint density at radius 3 is 2.36 bits per heavy atom. The SMILES string of the molecule is Cc1ccc(S(=O)(=O)NCC(=O)O[C@@H](C)C(=O)N2[C@H](C)CCC[C@@H]2C)cc1C. The van der Waals surface area contributed by atoms with Crippen molar-refractivity contribution in [2.75, 3.05) is 6.54 Å². The molecule has 3 atom stereocenters. The Balaban J connectivity index is 1.94. The number of benzene rings is 1. The maximum Gasteiger partial charge on any atom is 0.321 e. The highest BCUT2D eigenvalue weighted by Crippen LogP contribution is 2.23. The summed E-state index contributed by atoms with van der Waals surface area (Å²) < 4.78 is 32.1. The number of hydrogen-bond donors (Lipinski definition) is 1. The number of sulfonamides is 1. The number of carbonyl (C=O) groups excluding carboxylic acids is 2. The number of nitrogens with one attached hydrogen (secondary N) is 1. The fourth-order valence-electron chi connectivity index (χ4n) is 3.47. The Morgan fingerprint density at radius 2 is 1.79 bits per heavy atom. The molecule has 2 rings (SSSR count). The molecule has 1 aliphatic rings. The first-order valence-electron chi connectivity index (χ1n) is 9.61. The molecule has 7 nitrogen and oxygen atoms in total. The van der Waals surface area contributed by atoms with Crippen LogP contribution in [0.25, 0.3) is 0 Å².